The summed E-state index contributed by atoms with van der Waals surface area (Å²) in [7, 11) is 0. The Labute approximate surface area is 105 Å². The van der Waals surface area contributed by atoms with Crippen molar-refractivity contribution in [3.05, 3.63) is 35.5 Å². The zero-order valence-electron chi connectivity index (χ0n) is 9.85. The van der Waals surface area contributed by atoms with Crippen molar-refractivity contribution in [2.75, 3.05) is 0 Å². The van der Waals surface area contributed by atoms with Crippen LogP contribution in [0.4, 0.5) is 22.0 Å². The summed E-state index contributed by atoms with van der Waals surface area (Å²) in [6.45, 7) is 1.42. The molecule has 19 heavy (non-hydrogen) atoms. The van der Waals surface area contributed by atoms with Crippen LogP contribution in [0.15, 0.2) is 24.3 Å². The van der Waals surface area contributed by atoms with E-state index in [4.69, 9.17) is 5.73 Å². The van der Waals surface area contributed by atoms with Gasteiger partial charge in [0, 0.05) is 22.2 Å². The van der Waals surface area contributed by atoms with Gasteiger partial charge in [-0.2, -0.15) is 22.0 Å². The Kier molecular flexibility index (Phi) is 3.04. The summed E-state index contributed by atoms with van der Waals surface area (Å²) in [6.07, 6.45) is -5.68. The van der Waals surface area contributed by atoms with Crippen LogP contribution in [0.5, 0.6) is 0 Å². The summed E-state index contributed by atoms with van der Waals surface area (Å²) in [5, 5.41) is 0.274. The highest BCUT2D eigenvalue weighted by Gasteiger charge is 2.62. The van der Waals surface area contributed by atoms with Crippen molar-refractivity contribution in [3.63, 3.8) is 0 Å². The van der Waals surface area contributed by atoms with E-state index in [1.54, 1.807) is 18.2 Å². The number of hydrogen-bond acceptors (Lipinski definition) is 1. The molecule has 0 spiro atoms. The number of benzene rings is 1. The van der Waals surface area contributed by atoms with Crippen LogP contribution in [-0.4, -0.2) is 17.1 Å². The second-order valence-electron chi connectivity index (χ2n) is 4.31. The smallest absolute Gasteiger partial charge is 0.358 e. The molecule has 2 nitrogen and oxygen atoms in total. The van der Waals surface area contributed by atoms with Gasteiger partial charge in [-0.3, -0.25) is 0 Å². The molecule has 1 heterocycles. The number of H-pyrrole nitrogens is 1. The molecular formula is C12H11F5N2. The molecule has 0 saturated heterocycles. The van der Waals surface area contributed by atoms with E-state index in [2.05, 4.69) is 4.98 Å². The minimum absolute atomic E-state index is 0.206. The van der Waals surface area contributed by atoms with E-state index in [1.807, 2.05) is 0 Å². The second-order valence-corrected chi connectivity index (χ2v) is 4.31. The van der Waals surface area contributed by atoms with Crippen LogP contribution in [0.25, 0.3) is 10.9 Å². The zero-order valence-corrected chi connectivity index (χ0v) is 9.85. The van der Waals surface area contributed by atoms with Gasteiger partial charge >= 0.3 is 12.1 Å². The Morgan fingerprint density at radius 1 is 1.11 bits per heavy atom. The van der Waals surface area contributed by atoms with Gasteiger partial charge in [0.1, 0.15) is 6.04 Å². The summed E-state index contributed by atoms with van der Waals surface area (Å²) in [4.78, 5) is 2.75. The van der Waals surface area contributed by atoms with Crippen molar-refractivity contribution in [2.24, 2.45) is 5.73 Å². The monoisotopic (exact) mass is 278 g/mol. The first kappa shape index (κ1) is 13.8. The fraction of sp³-hybridized carbons (Fsp3) is 0.333. The largest absolute Gasteiger partial charge is 0.455 e. The topological polar surface area (TPSA) is 41.8 Å². The summed E-state index contributed by atoms with van der Waals surface area (Å²) in [5.74, 6) is -4.98. The maximum atomic E-state index is 13.3. The van der Waals surface area contributed by atoms with Gasteiger partial charge in [-0.25, -0.2) is 0 Å². The first-order valence-electron chi connectivity index (χ1n) is 5.43. The molecule has 2 rings (SSSR count). The van der Waals surface area contributed by atoms with Gasteiger partial charge < -0.3 is 10.7 Å². The molecule has 1 aromatic heterocycles. The predicted molar refractivity (Wildman–Crippen MR) is 61.0 cm³/mol. The molecule has 0 saturated carbocycles. The van der Waals surface area contributed by atoms with Crippen molar-refractivity contribution in [1.29, 1.82) is 0 Å². The molecule has 104 valence electrons. The molecule has 1 atom stereocenters. The second kappa shape index (κ2) is 4.19. The highest BCUT2D eigenvalue weighted by molar-refractivity contribution is 5.85. The average Bonchev–Trinajstić information content (AvgIpc) is 2.62. The average molecular weight is 278 g/mol. The van der Waals surface area contributed by atoms with Crippen molar-refractivity contribution < 1.29 is 22.0 Å². The number of hydrogen-bond donors (Lipinski definition) is 2. The number of nitrogens with two attached hydrogens (primary N) is 1. The SMILES string of the molecule is Cc1[nH]c2ccccc2c1[C@H](N)C(F)(F)C(F)(F)F. The number of aromatic amines is 1. The van der Waals surface area contributed by atoms with E-state index in [1.165, 1.54) is 13.0 Å². The number of aromatic nitrogens is 1. The Morgan fingerprint density at radius 2 is 1.68 bits per heavy atom. The number of rotatable bonds is 2. The van der Waals surface area contributed by atoms with Crippen molar-refractivity contribution in [1.82, 2.24) is 4.98 Å². The third-order valence-electron chi connectivity index (χ3n) is 3.02. The predicted octanol–water partition coefficient (Wildman–Crippen LogP) is 3.67. The van der Waals surface area contributed by atoms with E-state index < -0.39 is 18.1 Å². The molecule has 0 unspecified atom stereocenters. The van der Waals surface area contributed by atoms with Gasteiger partial charge in [0.05, 0.1) is 0 Å². The van der Waals surface area contributed by atoms with Crippen molar-refractivity contribution in [2.45, 2.75) is 25.1 Å². The highest BCUT2D eigenvalue weighted by atomic mass is 19.4. The van der Waals surface area contributed by atoms with E-state index >= 15 is 0 Å². The molecule has 0 aliphatic heterocycles. The normalized spacial score (nSPS) is 14.9. The standard InChI is InChI=1S/C12H11F5N2/c1-6-9(7-4-2-3-5-8(7)19-6)10(18)11(13,14)12(15,16)17/h2-5,10,19H,18H2,1H3/t10-/m0/s1. The van der Waals surface area contributed by atoms with Gasteiger partial charge in [0.15, 0.2) is 0 Å². The van der Waals surface area contributed by atoms with Crippen LogP contribution in [-0.2, 0) is 0 Å². The Balaban J connectivity index is 2.59. The lowest BCUT2D eigenvalue weighted by molar-refractivity contribution is -0.290. The Morgan fingerprint density at radius 3 is 2.26 bits per heavy atom. The lowest BCUT2D eigenvalue weighted by Crippen LogP contribution is -2.46. The fourth-order valence-electron chi connectivity index (χ4n) is 2.06. The Bertz CT molecular complexity index is 600. The summed E-state index contributed by atoms with van der Waals surface area (Å²) >= 11 is 0. The number of halogens is 5. The third-order valence-corrected chi connectivity index (χ3v) is 3.02. The quantitative estimate of drug-likeness (QED) is 0.808. The third kappa shape index (κ3) is 2.07. The van der Waals surface area contributed by atoms with Crippen LogP contribution in [0.3, 0.4) is 0 Å². The Hall–Kier alpha value is -1.63. The minimum atomic E-state index is -5.68. The maximum Gasteiger partial charge on any atom is 0.455 e. The van der Waals surface area contributed by atoms with Gasteiger partial charge in [0.2, 0.25) is 0 Å². The summed E-state index contributed by atoms with van der Waals surface area (Å²) < 4.78 is 63.8. The van der Waals surface area contributed by atoms with Crippen LogP contribution in [0.2, 0.25) is 0 Å². The highest BCUT2D eigenvalue weighted by Crippen LogP contribution is 2.45. The summed E-state index contributed by atoms with van der Waals surface area (Å²) in [6, 6.07) is 3.81. The van der Waals surface area contributed by atoms with Crippen LogP contribution in [0, 0.1) is 6.92 Å². The fourth-order valence-corrected chi connectivity index (χ4v) is 2.06. The van der Waals surface area contributed by atoms with Crippen LogP contribution < -0.4 is 5.73 Å². The van der Waals surface area contributed by atoms with Crippen molar-refractivity contribution >= 4 is 10.9 Å². The first-order chi connectivity index (χ1) is 8.66. The van der Waals surface area contributed by atoms with E-state index in [-0.39, 0.29) is 16.6 Å². The molecule has 2 aromatic rings. The molecule has 0 aliphatic carbocycles. The lowest BCUT2D eigenvalue weighted by Gasteiger charge is -2.26. The molecule has 0 bridgehead atoms. The number of fused-ring (bicyclic) bond motifs is 1. The molecule has 7 heteroatoms. The van der Waals surface area contributed by atoms with E-state index in [0.717, 1.165) is 0 Å². The van der Waals surface area contributed by atoms with Gasteiger partial charge in [0.25, 0.3) is 0 Å². The number of alkyl halides is 5. The maximum absolute atomic E-state index is 13.3. The van der Waals surface area contributed by atoms with E-state index in [0.29, 0.717) is 5.52 Å². The molecule has 0 aliphatic rings. The number of aryl methyl sites for hydroxylation is 1. The van der Waals surface area contributed by atoms with Gasteiger partial charge in [-0.05, 0) is 13.0 Å². The number of para-hydroxylation sites is 1. The molecule has 1 aromatic carbocycles. The molecule has 3 N–H and O–H groups in total. The first-order valence-corrected chi connectivity index (χ1v) is 5.43. The van der Waals surface area contributed by atoms with Crippen LogP contribution >= 0.6 is 0 Å². The molecule has 0 amide bonds. The number of nitrogens with one attached hydrogen (secondary N) is 1. The van der Waals surface area contributed by atoms with Crippen molar-refractivity contribution in [3.8, 4) is 0 Å². The zero-order chi connectivity index (χ0) is 14.4. The molecular weight excluding hydrogens is 267 g/mol. The lowest BCUT2D eigenvalue weighted by atomic mass is 9.98. The molecule has 0 fully saturated rings. The van der Waals surface area contributed by atoms with Crippen LogP contribution in [0.1, 0.15) is 17.3 Å². The molecule has 0 radical (unpaired) electrons. The van der Waals surface area contributed by atoms with E-state index in [9.17, 15) is 22.0 Å². The summed E-state index contributed by atoms with van der Waals surface area (Å²) in [5.41, 5.74) is 5.65. The van der Waals surface area contributed by atoms with Gasteiger partial charge in [-0.1, -0.05) is 18.2 Å². The minimum Gasteiger partial charge on any atom is -0.358 e. The van der Waals surface area contributed by atoms with Gasteiger partial charge in [-0.15, -0.1) is 0 Å².